The Morgan fingerprint density at radius 3 is 2.48 bits per heavy atom. The average molecular weight is 445 g/mol. The van der Waals surface area contributed by atoms with E-state index in [-0.39, 0.29) is 23.3 Å². The number of sulfonamides is 2. The van der Waals surface area contributed by atoms with E-state index in [1.807, 2.05) is 0 Å². The molecule has 4 rings (SSSR count). The summed E-state index contributed by atoms with van der Waals surface area (Å²) in [5, 5.41) is 0. The van der Waals surface area contributed by atoms with Gasteiger partial charge in [-0.3, -0.25) is 4.31 Å². The van der Waals surface area contributed by atoms with Crippen LogP contribution < -0.4 is 9.03 Å². The topological polar surface area (TPSA) is 102 Å². The van der Waals surface area contributed by atoms with E-state index < -0.39 is 25.8 Å². The third kappa shape index (κ3) is 4.61. The van der Waals surface area contributed by atoms with Crippen molar-refractivity contribution >= 4 is 25.7 Å². The average Bonchev–Trinajstić information content (AvgIpc) is 3.09. The Labute approximate surface area is 172 Å². The second-order valence-electron chi connectivity index (χ2n) is 7.96. The second kappa shape index (κ2) is 8.14. The summed E-state index contributed by atoms with van der Waals surface area (Å²) in [6.07, 6.45) is 6.18. The summed E-state index contributed by atoms with van der Waals surface area (Å²) in [6, 6.07) is 5.97. The largest absolute Gasteiger partial charge is 0.347 e. The zero-order valence-electron chi connectivity index (χ0n) is 16.4. The first-order valence-corrected chi connectivity index (χ1v) is 13.3. The molecule has 0 unspecified atom stereocenters. The lowest BCUT2D eigenvalue weighted by Crippen LogP contribution is -2.38. The zero-order valence-corrected chi connectivity index (χ0v) is 18.0. The third-order valence-corrected chi connectivity index (χ3v) is 9.12. The van der Waals surface area contributed by atoms with Gasteiger partial charge in [0.2, 0.25) is 20.0 Å². The van der Waals surface area contributed by atoms with Gasteiger partial charge in [-0.2, -0.15) is 0 Å². The summed E-state index contributed by atoms with van der Waals surface area (Å²) in [5.74, 6) is -0.407. The minimum Gasteiger partial charge on any atom is -0.347 e. The Hall–Kier alpha value is -1.20. The van der Waals surface area contributed by atoms with Crippen LogP contribution in [0.25, 0.3) is 0 Å². The number of hydrogen-bond donors (Lipinski definition) is 1. The maximum Gasteiger partial charge on any atom is 0.240 e. The molecule has 1 atom stereocenters. The molecule has 0 radical (unpaired) electrons. The lowest BCUT2D eigenvalue weighted by atomic mass is 9.94. The Morgan fingerprint density at radius 1 is 1.07 bits per heavy atom. The molecule has 0 bridgehead atoms. The summed E-state index contributed by atoms with van der Waals surface area (Å²) in [6.45, 7) is 0.952. The predicted octanol–water partition coefficient (Wildman–Crippen LogP) is 1.97. The van der Waals surface area contributed by atoms with Crippen molar-refractivity contribution in [1.29, 1.82) is 0 Å². The molecule has 1 aliphatic carbocycles. The molecule has 3 fully saturated rings. The van der Waals surface area contributed by atoms with E-state index in [1.165, 1.54) is 22.9 Å². The number of hydrogen-bond acceptors (Lipinski definition) is 6. The number of nitrogens with zero attached hydrogens (tertiary/aromatic N) is 1. The van der Waals surface area contributed by atoms with Crippen LogP contribution in [0.5, 0.6) is 0 Å². The molecular weight excluding hydrogens is 416 g/mol. The highest BCUT2D eigenvalue weighted by molar-refractivity contribution is 7.92. The molecule has 3 aliphatic rings. The van der Waals surface area contributed by atoms with E-state index >= 15 is 0 Å². The molecule has 1 aromatic rings. The lowest BCUT2D eigenvalue weighted by Gasteiger charge is -2.31. The number of benzene rings is 1. The van der Waals surface area contributed by atoms with Crippen LogP contribution in [0.3, 0.4) is 0 Å². The molecule has 1 N–H and O–H groups in total. The van der Waals surface area contributed by atoms with E-state index in [0.29, 0.717) is 25.3 Å². The molecule has 1 saturated carbocycles. The lowest BCUT2D eigenvalue weighted by molar-refractivity contribution is -0.186. The van der Waals surface area contributed by atoms with Crippen LogP contribution in [0.1, 0.15) is 44.9 Å². The number of ether oxygens (including phenoxy) is 2. The van der Waals surface area contributed by atoms with E-state index in [2.05, 4.69) is 4.72 Å². The van der Waals surface area contributed by atoms with Crippen LogP contribution in [-0.4, -0.2) is 54.2 Å². The number of anilines is 1. The third-order valence-electron chi connectivity index (χ3n) is 5.81. The van der Waals surface area contributed by atoms with Crippen molar-refractivity contribution in [3.8, 4) is 0 Å². The van der Waals surface area contributed by atoms with E-state index in [1.54, 1.807) is 12.1 Å². The van der Waals surface area contributed by atoms with Crippen molar-refractivity contribution in [3.63, 3.8) is 0 Å². The van der Waals surface area contributed by atoms with Gasteiger partial charge >= 0.3 is 0 Å². The fourth-order valence-electron chi connectivity index (χ4n) is 4.23. The normalized spacial score (nSPS) is 26.6. The minimum atomic E-state index is -3.72. The van der Waals surface area contributed by atoms with Gasteiger partial charge in [0.25, 0.3) is 0 Å². The van der Waals surface area contributed by atoms with Gasteiger partial charge in [0.15, 0.2) is 5.79 Å². The van der Waals surface area contributed by atoms with E-state index in [0.717, 1.165) is 32.1 Å². The molecule has 10 heteroatoms. The molecule has 2 saturated heterocycles. The Bertz CT molecular complexity index is 924. The van der Waals surface area contributed by atoms with Crippen molar-refractivity contribution < 1.29 is 26.3 Å². The molecule has 29 heavy (non-hydrogen) atoms. The van der Waals surface area contributed by atoms with Crippen LogP contribution in [0.2, 0.25) is 0 Å². The highest BCUT2D eigenvalue weighted by Crippen LogP contribution is 2.37. The van der Waals surface area contributed by atoms with Crippen molar-refractivity contribution in [2.24, 2.45) is 0 Å². The second-order valence-corrected chi connectivity index (χ2v) is 11.7. The molecule has 8 nitrogen and oxygen atoms in total. The molecule has 0 aromatic heterocycles. The van der Waals surface area contributed by atoms with E-state index in [4.69, 9.17) is 9.47 Å². The van der Waals surface area contributed by atoms with Gasteiger partial charge in [-0.05, 0) is 49.9 Å². The summed E-state index contributed by atoms with van der Waals surface area (Å²) in [4.78, 5) is 0.0990. The summed E-state index contributed by atoms with van der Waals surface area (Å²) >= 11 is 0. The predicted molar refractivity (Wildman–Crippen MR) is 109 cm³/mol. The number of nitrogens with one attached hydrogen (secondary N) is 1. The molecular formula is C19H28N2O6S2. The zero-order chi connectivity index (χ0) is 20.5. The highest BCUT2D eigenvalue weighted by Gasteiger charge is 2.42. The van der Waals surface area contributed by atoms with Crippen LogP contribution in [0.4, 0.5) is 5.69 Å². The monoisotopic (exact) mass is 444 g/mol. The van der Waals surface area contributed by atoms with Crippen LogP contribution in [0.15, 0.2) is 29.2 Å². The molecule has 162 valence electrons. The Balaban J connectivity index is 1.38. The Morgan fingerprint density at radius 2 is 1.79 bits per heavy atom. The molecule has 1 aromatic carbocycles. The number of rotatable bonds is 5. The SMILES string of the molecule is O=S(=O)(NC[C@H]1COC2(CCCCC2)O1)c1ccc(N2CCCCS2(=O)=O)cc1. The van der Waals surface area contributed by atoms with Crippen molar-refractivity contribution in [1.82, 2.24) is 4.72 Å². The molecule has 2 aliphatic heterocycles. The summed E-state index contributed by atoms with van der Waals surface area (Å²) in [5.41, 5.74) is 0.496. The Kier molecular flexibility index (Phi) is 5.91. The maximum absolute atomic E-state index is 12.6. The molecule has 0 amide bonds. The molecule has 2 heterocycles. The van der Waals surface area contributed by atoms with Gasteiger partial charge in [-0.25, -0.2) is 21.6 Å². The van der Waals surface area contributed by atoms with Crippen molar-refractivity contribution in [2.45, 2.75) is 61.7 Å². The van der Waals surface area contributed by atoms with Crippen molar-refractivity contribution in [2.75, 3.05) is 29.8 Å². The summed E-state index contributed by atoms with van der Waals surface area (Å²) in [7, 11) is -7.04. The van der Waals surface area contributed by atoms with Gasteiger partial charge < -0.3 is 9.47 Å². The van der Waals surface area contributed by atoms with Gasteiger partial charge in [-0.15, -0.1) is 0 Å². The fourth-order valence-corrected chi connectivity index (χ4v) is 6.93. The van der Waals surface area contributed by atoms with Gasteiger partial charge in [-0.1, -0.05) is 6.42 Å². The quantitative estimate of drug-likeness (QED) is 0.745. The van der Waals surface area contributed by atoms with Crippen LogP contribution >= 0.6 is 0 Å². The molecule has 1 spiro atoms. The first-order valence-electron chi connectivity index (χ1n) is 10.2. The first-order chi connectivity index (χ1) is 13.8. The highest BCUT2D eigenvalue weighted by atomic mass is 32.2. The first kappa shape index (κ1) is 21.0. The van der Waals surface area contributed by atoms with Crippen LogP contribution in [0, 0.1) is 0 Å². The van der Waals surface area contributed by atoms with Crippen LogP contribution in [-0.2, 0) is 29.5 Å². The minimum absolute atomic E-state index is 0.0990. The van der Waals surface area contributed by atoms with Gasteiger partial charge in [0.05, 0.1) is 29.0 Å². The fraction of sp³-hybridized carbons (Fsp3) is 0.684. The summed E-state index contributed by atoms with van der Waals surface area (Å²) < 4.78 is 65.5. The van der Waals surface area contributed by atoms with Gasteiger partial charge in [0.1, 0.15) is 0 Å². The smallest absolute Gasteiger partial charge is 0.240 e. The van der Waals surface area contributed by atoms with Crippen molar-refractivity contribution in [3.05, 3.63) is 24.3 Å². The standard InChI is InChI=1S/C19H28N2O6S2/c22-28(23)13-5-4-12-21(28)16-6-8-18(9-7-16)29(24,25)20-14-17-15-26-19(27-17)10-2-1-3-11-19/h6-9,17,20H,1-5,10-15H2/t17-/m0/s1. The van der Waals surface area contributed by atoms with Gasteiger partial charge in [0, 0.05) is 25.9 Å². The van der Waals surface area contributed by atoms with E-state index in [9.17, 15) is 16.8 Å². The maximum atomic E-state index is 12.6.